The lowest BCUT2D eigenvalue weighted by Crippen LogP contribution is -1.94. The van der Waals surface area contributed by atoms with Crippen LogP contribution in [0, 0.1) is 5.41 Å². The van der Waals surface area contributed by atoms with Crippen molar-refractivity contribution >= 4 is 28.0 Å². The van der Waals surface area contributed by atoms with Crippen molar-refractivity contribution in [3.05, 3.63) is 96.6 Å². The highest BCUT2D eigenvalue weighted by molar-refractivity contribution is 6.11. The van der Waals surface area contributed by atoms with Crippen molar-refractivity contribution in [2.24, 2.45) is 0 Å². The minimum atomic E-state index is 0.278. The Labute approximate surface area is 162 Å². The molecule has 4 aromatic carbocycles. The number of aromatic hydroxyl groups is 1. The number of aromatic nitrogens is 1. The molecule has 0 unspecified atom stereocenters. The van der Waals surface area contributed by atoms with E-state index >= 15 is 0 Å². The van der Waals surface area contributed by atoms with E-state index in [0.29, 0.717) is 0 Å². The number of hydrogen-bond acceptors (Lipinski definition) is 2. The number of fused-ring (bicyclic) bond motifs is 3. The third-order valence-electron chi connectivity index (χ3n) is 5.19. The van der Waals surface area contributed by atoms with Crippen LogP contribution in [0.2, 0.25) is 0 Å². The molecule has 0 radical (unpaired) electrons. The van der Waals surface area contributed by atoms with E-state index in [1.807, 2.05) is 72.8 Å². The molecule has 0 atom stereocenters. The van der Waals surface area contributed by atoms with Crippen LogP contribution in [-0.4, -0.2) is 15.9 Å². The molecule has 1 heterocycles. The summed E-state index contributed by atoms with van der Waals surface area (Å²) in [7, 11) is 0. The van der Waals surface area contributed by atoms with Crippen molar-refractivity contribution in [2.75, 3.05) is 0 Å². The molecule has 3 heteroatoms. The predicted molar refractivity (Wildman–Crippen MR) is 116 cm³/mol. The molecule has 1 aromatic heterocycles. The highest BCUT2D eigenvalue weighted by Gasteiger charge is 2.15. The summed E-state index contributed by atoms with van der Waals surface area (Å²) in [4.78, 5) is 0. The van der Waals surface area contributed by atoms with Crippen LogP contribution in [0.1, 0.15) is 5.56 Å². The van der Waals surface area contributed by atoms with Gasteiger partial charge in [0.05, 0.1) is 11.0 Å². The van der Waals surface area contributed by atoms with Gasteiger partial charge in [-0.3, -0.25) is 0 Å². The Balaban J connectivity index is 1.87. The Kier molecular flexibility index (Phi) is 3.73. The Bertz CT molecular complexity index is 1320. The molecular formula is C25H18N2O. The number of rotatable bonds is 3. The highest BCUT2D eigenvalue weighted by Crippen LogP contribution is 2.39. The van der Waals surface area contributed by atoms with Gasteiger partial charge in [0.2, 0.25) is 0 Å². The molecule has 0 aliphatic carbocycles. The quantitative estimate of drug-likeness (QED) is 0.371. The molecule has 2 N–H and O–H groups in total. The van der Waals surface area contributed by atoms with Gasteiger partial charge >= 0.3 is 0 Å². The molecule has 0 amide bonds. The normalized spacial score (nSPS) is 11.1. The molecule has 0 saturated carbocycles. The van der Waals surface area contributed by atoms with Gasteiger partial charge in [0.15, 0.2) is 0 Å². The van der Waals surface area contributed by atoms with Crippen LogP contribution in [0.25, 0.3) is 38.6 Å². The van der Waals surface area contributed by atoms with Gasteiger partial charge in [-0.25, -0.2) is 0 Å². The number of phenols is 1. The van der Waals surface area contributed by atoms with Gasteiger partial charge in [-0.15, -0.1) is 0 Å². The summed E-state index contributed by atoms with van der Waals surface area (Å²) < 4.78 is 2.21. The van der Waals surface area contributed by atoms with Crippen molar-refractivity contribution in [3.8, 4) is 22.6 Å². The second-order valence-electron chi connectivity index (χ2n) is 6.84. The van der Waals surface area contributed by atoms with Crippen LogP contribution < -0.4 is 0 Å². The summed E-state index contributed by atoms with van der Waals surface area (Å²) in [6.45, 7) is 0. The number of nitrogens with zero attached hydrogens (tertiary/aromatic N) is 1. The van der Waals surface area contributed by atoms with E-state index in [0.717, 1.165) is 44.2 Å². The monoisotopic (exact) mass is 362 g/mol. The molecule has 0 saturated heterocycles. The minimum Gasteiger partial charge on any atom is -0.507 e. The zero-order valence-corrected chi connectivity index (χ0v) is 15.1. The molecule has 134 valence electrons. The molecule has 0 aliphatic rings. The van der Waals surface area contributed by atoms with Crippen LogP contribution in [0.5, 0.6) is 5.75 Å². The van der Waals surface area contributed by atoms with Crippen LogP contribution in [0.15, 0.2) is 91.0 Å². The van der Waals surface area contributed by atoms with Crippen molar-refractivity contribution < 1.29 is 5.11 Å². The summed E-state index contributed by atoms with van der Waals surface area (Å²) in [6.07, 6.45) is 1.35. The Morgan fingerprint density at radius 1 is 0.714 bits per heavy atom. The maximum Gasteiger partial charge on any atom is 0.124 e. The van der Waals surface area contributed by atoms with E-state index in [1.165, 1.54) is 6.21 Å². The largest absolute Gasteiger partial charge is 0.507 e. The van der Waals surface area contributed by atoms with Gasteiger partial charge in [0, 0.05) is 28.2 Å². The zero-order valence-electron chi connectivity index (χ0n) is 15.1. The van der Waals surface area contributed by atoms with Gasteiger partial charge in [0.25, 0.3) is 0 Å². The van der Waals surface area contributed by atoms with E-state index in [4.69, 9.17) is 5.41 Å². The molecule has 0 spiro atoms. The first-order valence-electron chi connectivity index (χ1n) is 9.19. The summed E-state index contributed by atoms with van der Waals surface area (Å²) in [5, 5.41) is 20.3. The fourth-order valence-corrected chi connectivity index (χ4v) is 3.85. The Morgan fingerprint density at radius 3 is 2.18 bits per heavy atom. The lowest BCUT2D eigenvalue weighted by atomic mass is 10.0. The Hall–Kier alpha value is -3.85. The second kappa shape index (κ2) is 6.39. The van der Waals surface area contributed by atoms with Gasteiger partial charge in [-0.2, -0.15) is 0 Å². The lowest BCUT2D eigenvalue weighted by molar-refractivity contribution is 0.478. The molecular weight excluding hydrogens is 344 g/mol. The topological polar surface area (TPSA) is 49.0 Å². The third kappa shape index (κ3) is 2.48. The third-order valence-corrected chi connectivity index (χ3v) is 5.19. The van der Waals surface area contributed by atoms with E-state index in [2.05, 4.69) is 22.8 Å². The first-order chi connectivity index (χ1) is 13.8. The first kappa shape index (κ1) is 16.3. The van der Waals surface area contributed by atoms with Crippen LogP contribution in [0.4, 0.5) is 0 Å². The van der Waals surface area contributed by atoms with E-state index in [1.54, 1.807) is 0 Å². The summed E-state index contributed by atoms with van der Waals surface area (Å²) >= 11 is 0. The van der Waals surface area contributed by atoms with Gasteiger partial charge in [0.1, 0.15) is 5.75 Å². The van der Waals surface area contributed by atoms with Crippen molar-refractivity contribution in [1.82, 2.24) is 4.57 Å². The van der Waals surface area contributed by atoms with E-state index < -0.39 is 0 Å². The molecule has 3 nitrogen and oxygen atoms in total. The number of nitrogens with one attached hydrogen (secondary N) is 1. The standard InChI is InChI=1S/C25H18N2O/c26-16-17-10-12-19(13-11-17)27-23-9-5-4-8-20(23)22-15-25(28)21(14-24(22)27)18-6-2-1-3-7-18/h1-16,26,28H. The molecule has 5 rings (SSSR count). The van der Waals surface area contributed by atoms with Gasteiger partial charge in [-0.1, -0.05) is 60.7 Å². The number of para-hydroxylation sites is 1. The van der Waals surface area contributed by atoms with Gasteiger partial charge < -0.3 is 15.1 Å². The fourth-order valence-electron chi connectivity index (χ4n) is 3.85. The summed E-state index contributed by atoms with van der Waals surface area (Å²) in [5.74, 6) is 0.278. The Morgan fingerprint density at radius 2 is 1.43 bits per heavy atom. The van der Waals surface area contributed by atoms with Gasteiger partial charge in [-0.05, 0) is 41.5 Å². The average Bonchev–Trinajstić information content (AvgIpc) is 3.07. The molecule has 5 aromatic rings. The number of phenolic OH excluding ortho intramolecular Hbond substituents is 1. The number of benzene rings is 4. The zero-order chi connectivity index (χ0) is 19.1. The maximum atomic E-state index is 10.7. The average molecular weight is 362 g/mol. The first-order valence-corrected chi connectivity index (χ1v) is 9.19. The fraction of sp³-hybridized carbons (Fsp3) is 0. The molecule has 0 bridgehead atoms. The molecule has 28 heavy (non-hydrogen) atoms. The van der Waals surface area contributed by atoms with Crippen molar-refractivity contribution in [3.63, 3.8) is 0 Å². The summed E-state index contributed by atoms with van der Waals surface area (Å²) in [6, 6.07) is 30.0. The molecule has 0 fully saturated rings. The minimum absolute atomic E-state index is 0.278. The van der Waals surface area contributed by atoms with Crippen molar-refractivity contribution in [2.45, 2.75) is 0 Å². The SMILES string of the molecule is N=Cc1ccc(-n2c3ccccc3c3cc(O)c(-c4ccccc4)cc32)cc1. The summed E-state index contributed by atoms with van der Waals surface area (Å²) in [5.41, 5.74) is 5.82. The predicted octanol–water partition coefficient (Wildman–Crippen LogP) is 6.15. The highest BCUT2D eigenvalue weighted by atomic mass is 16.3. The van der Waals surface area contributed by atoms with Crippen LogP contribution in [0.3, 0.4) is 0 Å². The van der Waals surface area contributed by atoms with Crippen LogP contribution >= 0.6 is 0 Å². The van der Waals surface area contributed by atoms with E-state index in [-0.39, 0.29) is 5.75 Å². The number of hydrogen-bond donors (Lipinski definition) is 2. The van der Waals surface area contributed by atoms with Crippen molar-refractivity contribution in [1.29, 1.82) is 5.41 Å². The molecule has 0 aliphatic heterocycles. The maximum absolute atomic E-state index is 10.7. The lowest BCUT2D eigenvalue weighted by Gasteiger charge is -2.10. The van der Waals surface area contributed by atoms with Crippen LogP contribution in [-0.2, 0) is 0 Å². The second-order valence-corrected chi connectivity index (χ2v) is 6.84. The van der Waals surface area contributed by atoms with E-state index in [9.17, 15) is 5.11 Å². The smallest absolute Gasteiger partial charge is 0.124 e.